The highest BCUT2D eigenvalue weighted by molar-refractivity contribution is 5.91. The van der Waals surface area contributed by atoms with Gasteiger partial charge in [0.1, 0.15) is 0 Å². The van der Waals surface area contributed by atoms with Crippen molar-refractivity contribution in [1.82, 2.24) is 10.2 Å². The first-order valence-corrected chi connectivity index (χ1v) is 7.51. The number of furan rings is 1. The highest BCUT2D eigenvalue weighted by Gasteiger charge is 2.21. The molecule has 0 spiro atoms. The Morgan fingerprint density at radius 1 is 1.23 bits per heavy atom. The maximum atomic E-state index is 11.8. The first-order chi connectivity index (χ1) is 10.8. The summed E-state index contributed by atoms with van der Waals surface area (Å²) in [7, 11) is 0. The number of hydrogen-bond acceptors (Lipinski definition) is 4. The van der Waals surface area contributed by atoms with E-state index >= 15 is 0 Å². The van der Waals surface area contributed by atoms with E-state index in [1.54, 1.807) is 12.1 Å². The molecule has 1 aromatic heterocycles. The first kappa shape index (κ1) is 14.8. The lowest BCUT2D eigenvalue weighted by Crippen LogP contribution is -2.47. The highest BCUT2D eigenvalue weighted by atomic mass is 16.5. The number of nitrogens with one attached hydrogen (secondary N) is 1. The van der Waals surface area contributed by atoms with Crippen LogP contribution in [0.15, 0.2) is 53.1 Å². The fraction of sp³-hybridized carbons (Fsp3) is 0.353. The molecule has 1 aromatic carbocycles. The van der Waals surface area contributed by atoms with E-state index in [1.165, 1.54) is 11.8 Å². The van der Waals surface area contributed by atoms with Gasteiger partial charge in [-0.05, 0) is 17.7 Å². The van der Waals surface area contributed by atoms with E-state index in [1.807, 2.05) is 6.07 Å². The van der Waals surface area contributed by atoms with Crippen molar-refractivity contribution in [2.45, 2.75) is 12.6 Å². The fourth-order valence-corrected chi connectivity index (χ4v) is 2.59. The van der Waals surface area contributed by atoms with Crippen LogP contribution in [-0.4, -0.2) is 43.2 Å². The molecule has 5 heteroatoms. The van der Waals surface area contributed by atoms with Crippen LogP contribution in [0.4, 0.5) is 0 Å². The molecule has 1 aliphatic heterocycles. The van der Waals surface area contributed by atoms with Crippen molar-refractivity contribution >= 4 is 5.91 Å². The van der Waals surface area contributed by atoms with E-state index in [0.717, 1.165) is 19.6 Å². The standard InChI is InChI=1S/C17H20N2O3/c20-17(16-7-4-9-22-16)18-11-15-13-19(8-10-21-15)12-14-5-2-1-3-6-14/h1-7,9,15H,8,10-13H2,(H,18,20). The molecule has 1 fully saturated rings. The minimum atomic E-state index is -0.200. The molecule has 0 saturated carbocycles. The van der Waals surface area contributed by atoms with Crippen LogP contribution in [0.1, 0.15) is 16.1 Å². The third-order valence-electron chi connectivity index (χ3n) is 3.71. The number of benzene rings is 1. The van der Waals surface area contributed by atoms with Crippen LogP contribution in [0, 0.1) is 0 Å². The molecule has 0 radical (unpaired) electrons. The largest absolute Gasteiger partial charge is 0.459 e. The SMILES string of the molecule is O=C(NCC1CN(Cc2ccccc2)CCO1)c1ccco1. The zero-order valence-electron chi connectivity index (χ0n) is 12.4. The van der Waals surface area contributed by atoms with Crippen LogP contribution in [0.5, 0.6) is 0 Å². The van der Waals surface area contributed by atoms with Gasteiger partial charge in [-0.2, -0.15) is 0 Å². The Hall–Kier alpha value is -2.11. The molecule has 1 atom stereocenters. The normalized spacial score (nSPS) is 19.0. The van der Waals surface area contributed by atoms with Gasteiger partial charge in [-0.15, -0.1) is 0 Å². The third kappa shape index (κ3) is 3.96. The number of rotatable bonds is 5. The zero-order chi connectivity index (χ0) is 15.2. The van der Waals surface area contributed by atoms with Gasteiger partial charge in [0, 0.05) is 26.2 Å². The number of nitrogens with zero attached hydrogens (tertiary/aromatic N) is 1. The lowest BCUT2D eigenvalue weighted by atomic mass is 10.2. The van der Waals surface area contributed by atoms with Gasteiger partial charge in [0.15, 0.2) is 5.76 Å². The number of amides is 1. The van der Waals surface area contributed by atoms with Crippen molar-refractivity contribution < 1.29 is 13.9 Å². The summed E-state index contributed by atoms with van der Waals surface area (Å²) in [6.45, 7) is 3.82. The smallest absolute Gasteiger partial charge is 0.287 e. The predicted octanol–water partition coefficient (Wildman–Crippen LogP) is 1.91. The molecule has 2 aromatic rings. The van der Waals surface area contributed by atoms with E-state index in [-0.39, 0.29) is 12.0 Å². The summed E-state index contributed by atoms with van der Waals surface area (Å²) in [5.74, 6) is 0.130. The van der Waals surface area contributed by atoms with Crippen molar-refractivity contribution in [2.24, 2.45) is 0 Å². The second-order valence-corrected chi connectivity index (χ2v) is 5.40. The minimum absolute atomic E-state index is 0.0105. The van der Waals surface area contributed by atoms with Crippen LogP contribution in [-0.2, 0) is 11.3 Å². The third-order valence-corrected chi connectivity index (χ3v) is 3.71. The lowest BCUT2D eigenvalue weighted by Gasteiger charge is -2.33. The van der Waals surface area contributed by atoms with Crippen molar-refractivity contribution in [3.63, 3.8) is 0 Å². The van der Waals surface area contributed by atoms with Crippen molar-refractivity contribution in [3.05, 3.63) is 60.1 Å². The van der Waals surface area contributed by atoms with Gasteiger partial charge in [0.05, 0.1) is 19.0 Å². The first-order valence-electron chi connectivity index (χ1n) is 7.51. The van der Waals surface area contributed by atoms with E-state index in [2.05, 4.69) is 34.5 Å². The van der Waals surface area contributed by atoms with Gasteiger partial charge in [-0.25, -0.2) is 0 Å². The summed E-state index contributed by atoms with van der Waals surface area (Å²) in [5.41, 5.74) is 1.29. The highest BCUT2D eigenvalue weighted by Crippen LogP contribution is 2.10. The molecule has 0 aliphatic carbocycles. The van der Waals surface area contributed by atoms with Crippen LogP contribution in [0.25, 0.3) is 0 Å². The Balaban J connectivity index is 1.47. The molecular formula is C17H20N2O3. The molecule has 1 saturated heterocycles. The molecule has 1 aliphatic rings. The van der Waals surface area contributed by atoms with E-state index in [0.29, 0.717) is 18.9 Å². The molecule has 1 amide bonds. The van der Waals surface area contributed by atoms with Crippen molar-refractivity contribution in [3.8, 4) is 0 Å². The van der Waals surface area contributed by atoms with Crippen LogP contribution in [0.2, 0.25) is 0 Å². The number of hydrogen-bond donors (Lipinski definition) is 1. The number of carbonyl (C=O) groups excluding carboxylic acids is 1. The van der Waals surface area contributed by atoms with Crippen molar-refractivity contribution in [1.29, 1.82) is 0 Å². The quantitative estimate of drug-likeness (QED) is 0.916. The van der Waals surface area contributed by atoms with Gasteiger partial charge in [0.2, 0.25) is 0 Å². The molecule has 116 valence electrons. The fourth-order valence-electron chi connectivity index (χ4n) is 2.59. The van der Waals surface area contributed by atoms with Gasteiger partial charge in [-0.1, -0.05) is 30.3 Å². The maximum Gasteiger partial charge on any atom is 0.287 e. The summed E-state index contributed by atoms with van der Waals surface area (Å²) in [6.07, 6.45) is 1.50. The van der Waals surface area contributed by atoms with E-state index in [9.17, 15) is 4.79 Å². The Morgan fingerprint density at radius 3 is 2.86 bits per heavy atom. The van der Waals surface area contributed by atoms with E-state index < -0.39 is 0 Å². The topological polar surface area (TPSA) is 54.7 Å². The van der Waals surface area contributed by atoms with Crippen LogP contribution in [0.3, 0.4) is 0 Å². The zero-order valence-corrected chi connectivity index (χ0v) is 12.4. The number of carbonyl (C=O) groups is 1. The van der Waals surface area contributed by atoms with Crippen molar-refractivity contribution in [2.75, 3.05) is 26.2 Å². The predicted molar refractivity (Wildman–Crippen MR) is 82.5 cm³/mol. The summed E-state index contributed by atoms with van der Waals surface area (Å²) in [6, 6.07) is 13.7. The second-order valence-electron chi connectivity index (χ2n) is 5.40. The lowest BCUT2D eigenvalue weighted by molar-refractivity contribution is -0.0293. The molecule has 1 unspecified atom stereocenters. The Bertz CT molecular complexity index is 583. The van der Waals surface area contributed by atoms with Gasteiger partial charge >= 0.3 is 0 Å². The van der Waals surface area contributed by atoms with Crippen LogP contribution < -0.4 is 5.32 Å². The molecule has 3 rings (SSSR count). The molecule has 0 bridgehead atoms. The summed E-state index contributed by atoms with van der Waals surface area (Å²) in [4.78, 5) is 14.2. The number of ether oxygens (including phenoxy) is 1. The summed E-state index contributed by atoms with van der Waals surface area (Å²) in [5, 5.41) is 2.85. The number of morpholine rings is 1. The molecule has 1 N–H and O–H groups in total. The van der Waals surface area contributed by atoms with Gasteiger partial charge < -0.3 is 14.5 Å². The molecular weight excluding hydrogens is 280 g/mol. The monoisotopic (exact) mass is 300 g/mol. The van der Waals surface area contributed by atoms with Gasteiger partial charge in [-0.3, -0.25) is 9.69 Å². The Morgan fingerprint density at radius 2 is 2.09 bits per heavy atom. The Labute approximate surface area is 129 Å². The Kier molecular flexibility index (Phi) is 4.88. The molecule has 5 nitrogen and oxygen atoms in total. The minimum Gasteiger partial charge on any atom is -0.459 e. The average Bonchev–Trinajstić information content (AvgIpc) is 3.08. The molecule has 22 heavy (non-hydrogen) atoms. The second kappa shape index (κ2) is 7.24. The average molecular weight is 300 g/mol. The summed E-state index contributed by atoms with van der Waals surface area (Å²) < 4.78 is 10.8. The molecule has 2 heterocycles. The maximum absolute atomic E-state index is 11.8. The summed E-state index contributed by atoms with van der Waals surface area (Å²) >= 11 is 0. The van der Waals surface area contributed by atoms with Gasteiger partial charge in [0.25, 0.3) is 5.91 Å². The van der Waals surface area contributed by atoms with Crippen LogP contribution >= 0.6 is 0 Å². The van der Waals surface area contributed by atoms with E-state index in [4.69, 9.17) is 9.15 Å².